The van der Waals surface area contributed by atoms with Gasteiger partial charge in [-0.05, 0) is 49.5 Å². The van der Waals surface area contributed by atoms with Gasteiger partial charge in [0.2, 0.25) is 0 Å². The van der Waals surface area contributed by atoms with Crippen LogP contribution >= 0.6 is 23.8 Å². The number of thiocarbonyl (C=S) groups is 1. The first-order valence-electron chi connectivity index (χ1n) is 6.50. The normalized spacial score (nSPS) is 10.0. The minimum atomic E-state index is -0.515. The molecule has 0 atom stereocenters. The molecule has 0 saturated carbocycles. The zero-order valence-electron chi connectivity index (χ0n) is 12.0. The first-order valence-corrected chi connectivity index (χ1v) is 7.28. The lowest BCUT2D eigenvalue weighted by atomic mass is 10.1. The number of ketones is 1. The third kappa shape index (κ3) is 4.48. The van der Waals surface area contributed by atoms with Gasteiger partial charge in [-0.3, -0.25) is 14.9 Å². The van der Waals surface area contributed by atoms with Crippen LogP contribution in [0.15, 0.2) is 42.5 Å². The van der Waals surface area contributed by atoms with Gasteiger partial charge < -0.3 is 10.6 Å². The van der Waals surface area contributed by atoms with Crippen LogP contribution in [0.2, 0.25) is 5.02 Å². The van der Waals surface area contributed by atoms with E-state index in [1.165, 1.54) is 25.1 Å². The van der Waals surface area contributed by atoms with Crippen molar-refractivity contribution in [1.29, 1.82) is 0 Å². The number of nitro benzene ring substituents is 1. The molecule has 118 valence electrons. The van der Waals surface area contributed by atoms with Crippen LogP contribution in [0.5, 0.6) is 0 Å². The first kappa shape index (κ1) is 16.9. The summed E-state index contributed by atoms with van der Waals surface area (Å²) in [6, 6.07) is 10.8. The van der Waals surface area contributed by atoms with Crippen LogP contribution in [0.4, 0.5) is 17.1 Å². The van der Waals surface area contributed by atoms with Crippen molar-refractivity contribution >= 4 is 51.8 Å². The first-order chi connectivity index (χ1) is 10.9. The third-order valence-corrected chi connectivity index (χ3v) is 3.49. The van der Waals surface area contributed by atoms with Gasteiger partial charge in [-0.2, -0.15) is 0 Å². The fourth-order valence-corrected chi connectivity index (χ4v) is 2.19. The average molecular weight is 350 g/mol. The van der Waals surface area contributed by atoms with E-state index in [9.17, 15) is 14.9 Å². The molecule has 23 heavy (non-hydrogen) atoms. The quantitative estimate of drug-likeness (QED) is 0.371. The smallest absolute Gasteiger partial charge is 0.271 e. The number of nitro groups is 1. The number of hydrogen-bond acceptors (Lipinski definition) is 4. The minimum Gasteiger partial charge on any atom is -0.332 e. The Hall–Kier alpha value is -2.51. The number of carbonyl (C=O) groups is 1. The minimum absolute atomic E-state index is 0.0272. The molecule has 2 aromatic rings. The summed E-state index contributed by atoms with van der Waals surface area (Å²) in [5.74, 6) is -0.0272. The van der Waals surface area contributed by atoms with Crippen molar-refractivity contribution in [3.63, 3.8) is 0 Å². The number of Topliss-reactive ketones (excluding diaryl/α,β-unsaturated/α-hetero) is 1. The van der Waals surface area contributed by atoms with E-state index in [1.54, 1.807) is 24.3 Å². The van der Waals surface area contributed by atoms with E-state index < -0.39 is 4.92 Å². The summed E-state index contributed by atoms with van der Waals surface area (Å²) >= 11 is 11.1. The van der Waals surface area contributed by atoms with Gasteiger partial charge in [0.1, 0.15) is 0 Å². The van der Waals surface area contributed by atoms with Gasteiger partial charge in [0.15, 0.2) is 10.9 Å². The van der Waals surface area contributed by atoms with Crippen molar-refractivity contribution in [2.24, 2.45) is 0 Å². The number of non-ortho nitro benzene ring substituents is 1. The van der Waals surface area contributed by atoms with Crippen molar-refractivity contribution < 1.29 is 9.72 Å². The van der Waals surface area contributed by atoms with Crippen LogP contribution in [0.25, 0.3) is 0 Å². The van der Waals surface area contributed by atoms with Crippen LogP contribution < -0.4 is 10.6 Å². The van der Waals surface area contributed by atoms with E-state index in [-0.39, 0.29) is 16.6 Å². The number of carbonyl (C=O) groups excluding carboxylic acids is 1. The molecule has 0 aromatic heterocycles. The highest BCUT2D eigenvalue weighted by molar-refractivity contribution is 7.80. The summed E-state index contributed by atoms with van der Waals surface area (Å²) in [4.78, 5) is 21.5. The second kappa shape index (κ2) is 7.17. The molecule has 0 aliphatic rings. The van der Waals surface area contributed by atoms with Gasteiger partial charge in [0, 0.05) is 23.4 Å². The number of benzene rings is 2. The molecule has 2 N–H and O–H groups in total. The Morgan fingerprint density at radius 3 is 2.39 bits per heavy atom. The summed E-state index contributed by atoms with van der Waals surface area (Å²) in [6.45, 7) is 1.49. The zero-order chi connectivity index (χ0) is 17.0. The van der Waals surface area contributed by atoms with Crippen LogP contribution in [0, 0.1) is 10.1 Å². The lowest BCUT2D eigenvalue weighted by Crippen LogP contribution is -2.19. The molecule has 2 rings (SSSR count). The van der Waals surface area contributed by atoms with Crippen molar-refractivity contribution in [2.75, 3.05) is 10.6 Å². The van der Waals surface area contributed by atoms with Crippen molar-refractivity contribution in [2.45, 2.75) is 6.92 Å². The maximum atomic E-state index is 11.2. The topological polar surface area (TPSA) is 84.3 Å². The Kier molecular flexibility index (Phi) is 5.25. The Balaban J connectivity index is 2.09. The number of nitrogens with zero attached hydrogens (tertiary/aromatic N) is 1. The Morgan fingerprint density at radius 2 is 1.83 bits per heavy atom. The Morgan fingerprint density at radius 1 is 1.17 bits per heavy atom. The van der Waals surface area contributed by atoms with E-state index in [0.717, 1.165) is 0 Å². The zero-order valence-corrected chi connectivity index (χ0v) is 13.6. The number of hydrogen-bond donors (Lipinski definition) is 2. The third-order valence-electron chi connectivity index (χ3n) is 2.96. The summed E-state index contributed by atoms with van der Waals surface area (Å²) in [6.07, 6.45) is 0. The van der Waals surface area contributed by atoms with Gasteiger partial charge in [-0.25, -0.2) is 0 Å². The van der Waals surface area contributed by atoms with Crippen LogP contribution in [0.3, 0.4) is 0 Å². The lowest BCUT2D eigenvalue weighted by Gasteiger charge is -2.12. The fraction of sp³-hybridized carbons (Fsp3) is 0.0667. The molecule has 0 radical (unpaired) electrons. The second-order valence-electron chi connectivity index (χ2n) is 4.63. The molecule has 0 unspecified atom stereocenters. The molecule has 0 fully saturated rings. The molecular formula is C15H12ClN3O3S. The van der Waals surface area contributed by atoms with Gasteiger partial charge in [-0.1, -0.05) is 11.6 Å². The van der Waals surface area contributed by atoms with Gasteiger partial charge in [-0.15, -0.1) is 0 Å². The highest BCUT2D eigenvalue weighted by atomic mass is 35.5. The summed E-state index contributed by atoms with van der Waals surface area (Å²) in [5, 5.41) is 17.0. The maximum Gasteiger partial charge on any atom is 0.271 e. The molecule has 0 heterocycles. The molecular weight excluding hydrogens is 338 g/mol. The van der Waals surface area contributed by atoms with E-state index in [4.69, 9.17) is 23.8 Å². The molecule has 6 nitrogen and oxygen atoms in total. The SMILES string of the molecule is CC(=O)c1ccc(NC(=S)Nc2cc([N+](=O)[O-])ccc2Cl)cc1. The summed E-state index contributed by atoms with van der Waals surface area (Å²) in [5.41, 5.74) is 1.51. The molecule has 8 heteroatoms. The lowest BCUT2D eigenvalue weighted by molar-refractivity contribution is -0.384. The Labute approximate surface area is 142 Å². The number of nitrogens with one attached hydrogen (secondary N) is 2. The molecule has 0 amide bonds. The standard InChI is InChI=1S/C15H12ClN3O3S/c1-9(20)10-2-4-11(5-3-10)17-15(23)18-14-8-12(19(21)22)6-7-13(14)16/h2-8H,1H3,(H2,17,18,23). The van der Waals surface area contributed by atoms with E-state index in [1.807, 2.05) is 0 Å². The molecule has 0 saturated heterocycles. The number of anilines is 2. The van der Waals surface area contributed by atoms with Crippen LogP contribution in [-0.2, 0) is 0 Å². The van der Waals surface area contributed by atoms with Crippen molar-refractivity contribution in [1.82, 2.24) is 0 Å². The van der Waals surface area contributed by atoms with E-state index in [2.05, 4.69) is 10.6 Å². The van der Waals surface area contributed by atoms with Gasteiger partial charge in [0.05, 0.1) is 15.6 Å². The maximum absolute atomic E-state index is 11.2. The molecule has 0 aliphatic carbocycles. The van der Waals surface area contributed by atoms with Gasteiger partial charge >= 0.3 is 0 Å². The Bertz CT molecular complexity index is 778. The number of halogens is 1. The molecule has 0 aliphatic heterocycles. The average Bonchev–Trinajstić information content (AvgIpc) is 2.49. The predicted octanol–water partition coefficient (Wildman–Crippen LogP) is 4.26. The second-order valence-corrected chi connectivity index (χ2v) is 5.45. The monoisotopic (exact) mass is 349 g/mol. The molecule has 0 bridgehead atoms. The largest absolute Gasteiger partial charge is 0.332 e. The molecule has 2 aromatic carbocycles. The molecule has 0 spiro atoms. The number of rotatable bonds is 4. The fourth-order valence-electron chi connectivity index (χ4n) is 1.80. The highest BCUT2D eigenvalue weighted by Crippen LogP contribution is 2.26. The van der Waals surface area contributed by atoms with E-state index in [0.29, 0.717) is 22.0 Å². The van der Waals surface area contributed by atoms with E-state index >= 15 is 0 Å². The van der Waals surface area contributed by atoms with Crippen molar-refractivity contribution in [3.05, 3.63) is 63.2 Å². The predicted molar refractivity (Wildman–Crippen MR) is 94.4 cm³/mol. The van der Waals surface area contributed by atoms with Crippen LogP contribution in [-0.4, -0.2) is 15.8 Å². The summed E-state index contributed by atoms with van der Waals surface area (Å²) < 4.78 is 0. The van der Waals surface area contributed by atoms with Crippen LogP contribution in [0.1, 0.15) is 17.3 Å². The van der Waals surface area contributed by atoms with Crippen molar-refractivity contribution in [3.8, 4) is 0 Å². The summed E-state index contributed by atoms with van der Waals surface area (Å²) in [7, 11) is 0. The highest BCUT2D eigenvalue weighted by Gasteiger charge is 2.11. The van der Waals surface area contributed by atoms with Gasteiger partial charge in [0.25, 0.3) is 5.69 Å².